The molecule has 0 aromatic carbocycles. The minimum atomic E-state index is -1.23. The van der Waals surface area contributed by atoms with Crippen molar-refractivity contribution in [2.24, 2.45) is 0 Å². The molecular weight excluding hydrogens is 296 g/mol. The van der Waals surface area contributed by atoms with E-state index in [0.717, 1.165) is 0 Å². The first kappa shape index (κ1) is 17.9. The molecule has 112 valence electrons. The van der Waals surface area contributed by atoms with Crippen LogP contribution in [0, 0.1) is 0 Å². The second-order valence-corrected chi connectivity index (χ2v) is 3.61. The molecule has 0 aromatic heterocycles. The van der Waals surface area contributed by atoms with Gasteiger partial charge in [0, 0.05) is 0 Å². The number of ether oxygens (including phenoxy) is 2. The molecule has 0 bridgehead atoms. The minimum Gasteiger partial charge on any atom is -0.480 e. The van der Waals surface area contributed by atoms with Crippen LogP contribution in [-0.2, 0) is 28.7 Å². The van der Waals surface area contributed by atoms with E-state index in [1.54, 1.807) is 0 Å². The molecule has 0 saturated heterocycles. The topological polar surface area (TPSA) is 151 Å². The maximum Gasteiger partial charge on any atom is 0.329 e. The Morgan fingerprint density at radius 3 is 1.45 bits per heavy atom. The first-order chi connectivity index (χ1) is 9.31. The van der Waals surface area contributed by atoms with Crippen molar-refractivity contribution >= 4 is 41.1 Å². The van der Waals surface area contributed by atoms with Gasteiger partial charge in [-0.2, -0.15) is 0 Å². The summed E-state index contributed by atoms with van der Waals surface area (Å²) >= 11 is 4.60. The Kier molecular flexibility index (Phi) is 8.74. The predicted molar refractivity (Wildman–Crippen MR) is 65.8 cm³/mol. The van der Waals surface area contributed by atoms with Crippen LogP contribution in [0.4, 0.5) is 0 Å². The fourth-order valence-electron chi connectivity index (χ4n) is 0.819. The molecule has 10 nitrogen and oxygen atoms in total. The molecule has 4 N–H and O–H groups in total. The molecule has 0 heterocycles. The molecule has 0 aliphatic rings. The number of thiocarbonyl (C=S) groups is 1. The number of nitrogens with one attached hydrogen (secondary N) is 2. The van der Waals surface area contributed by atoms with Crippen molar-refractivity contribution in [1.29, 1.82) is 0 Å². The van der Waals surface area contributed by atoms with Crippen molar-refractivity contribution in [3.05, 3.63) is 0 Å². The van der Waals surface area contributed by atoms with Crippen molar-refractivity contribution in [3.8, 4) is 0 Å². The molecular formula is C9H12N2O8S. The van der Waals surface area contributed by atoms with Gasteiger partial charge in [0.25, 0.3) is 11.8 Å². The number of rotatable bonds is 8. The first-order valence-corrected chi connectivity index (χ1v) is 5.44. The van der Waals surface area contributed by atoms with E-state index in [1.165, 1.54) is 0 Å². The van der Waals surface area contributed by atoms with Crippen molar-refractivity contribution < 1.29 is 38.9 Å². The fourth-order valence-corrected chi connectivity index (χ4v) is 1.05. The molecule has 0 aromatic rings. The second kappa shape index (κ2) is 9.77. The summed E-state index contributed by atoms with van der Waals surface area (Å²) in [5, 5.41) is 20.3. The third-order valence-corrected chi connectivity index (χ3v) is 1.63. The highest BCUT2D eigenvalue weighted by Crippen LogP contribution is 1.79. The van der Waals surface area contributed by atoms with E-state index in [1.807, 2.05) is 0 Å². The van der Waals surface area contributed by atoms with E-state index in [0.29, 0.717) is 0 Å². The van der Waals surface area contributed by atoms with Gasteiger partial charge < -0.3 is 30.3 Å². The largest absolute Gasteiger partial charge is 0.480 e. The Hall–Kier alpha value is -2.11. The van der Waals surface area contributed by atoms with Crippen LogP contribution in [0.5, 0.6) is 0 Å². The van der Waals surface area contributed by atoms with Gasteiger partial charge in [0.15, 0.2) is 5.11 Å². The summed E-state index contributed by atoms with van der Waals surface area (Å²) in [6.07, 6.45) is 0. The van der Waals surface area contributed by atoms with E-state index in [4.69, 9.17) is 10.2 Å². The summed E-state index contributed by atoms with van der Waals surface area (Å²) in [5.41, 5.74) is 0. The number of carboxylic acids is 2. The number of aliphatic carboxylic acids is 2. The average molecular weight is 308 g/mol. The van der Waals surface area contributed by atoms with Gasteiger partial charge in [0.1, 0.15) is 26.4 Å². The predicted octanol–water partition coefficient (Wildman–Crippen LogP) is -2.29. The fraction of sp³-hybridized carbons (Fsp3) is 0.444. The van der Waals surface area contributed by atoms with Crippen molar-refractivity contribution in [2.45, 2.75) is 0 Å². The molecule has 0 spiro atoms. The van der Waals surface area contributed by atoms with Crippen LogP contribution in [0.2, 0.25) is 0 Å². The zero-order chi connectivity index (χ0) is 15.5. The lowest BCUT2D eigenvalue weighted by Gasteiger charge is -2.08. The first-order valence-electron chi connectivity index (χ1n) is 5.04. The van der Waals surface area contributed by atoms with Crippen molar-refractivity contribution in [2.75, 3.05) is 26.4 Å². The summed E-state index contributed by atoms with van der Waals surface area (Å²) in [7, 11) is 0. The van der Waals surface area contributed by atoms with Gasteiger partial charge in [0.05, 0.1) is 0 Å². The molecule has 2 amide bonds. The van der Waals surface area contributed by atoms with Crippen molar-refractivity contribution in [1.82, 2.24) is 10.6 Å². The molecule has 0 rings (SSSR count). The average Bonchev–Trinajstić information content (AvgIpc) is 2.26. The molecule has 0 aliphatic heterocycles. The summed E-state index contributed by atoms with van der Waals surface area (Å²) in [5.74, 6) is -3.96. The maximum atomic E-state index is 11.1. The lowest BCUT2D eigenvalue weighted by atomic mass is 10.6. The van der Waals surface area contributed by atoms with Crippen LogP contribution in [0.25, 0.3) is 0 Å². The molecule has 0 unspecified atom stereocenters. The molecule has 0 aliphatic carbocycles. The van der Waals surface area contributed by atoms with Gasteiger partial charge in [-0.3, -0.25) is 9.59 Å². The normalized spacial score (nSPS) is 9.60. The standard InChI is InChI=1S/C9H12N2O8S/c12-5(1-18-3-7(14)15)10-9(20)11-6(13)2-19-4-8(16)17/h1-4H2,(H,14,15)(H,16,17)(H2,10,11,12,13,20). The smallest absolute Gasteiger partial charge is 0.329 e. The Morgan fingerprint density at radius 2 is 1.15 bits per heavy atom. The van der Waals surface area contributed by atoms with Gasteiger partial charge in [0.2, 0.25) is 0 Å². The monoisotopic (exact) mass is 308 g/mol. The second-order valence-electron chi connectivity index (χ2n) is 3.20. The molecule has 20 heavy (non-hydrogen) atoms. The van der Waals surface area contributed by atoms with E-state index < -0.39 is 50.2 Å². The Labute approximate surface area is 118 Å². The minimum absolute atomic E-state index is 0.335. The highest BCUT2D eigenvalue weighted by Gasteiger charge is 2.09. The highest BCUT2D eigenvalue weighted by atomic mass is 32.1. The quantitative estimate of drug-likeness (QED) is 0.363. The number of hydrogen-bond donors (Lipinski definition) is 4. The van der Waals surface area contributed by atoms with Crippen LogP contribution in [-0.4, -0.2) is 65.5 Å². The van der Waals surface area contributed by atoms with Gasteiger partial charge in [-0.05, 0) is 12.2 Å². The zero-order valence-corrected chi connectivity index (χ0v) is 10.9. The van der Waals surface area contributed by atoms with Gasteiger partial charge in [-0.1, -0.05) is 0 Å². The Bertz CT molecular complexity index is 375. The van der Waals surface area contributed by atoms with E-state index in [9.17, 15) is 19.2 Å². The molecule has 0 radical (unpaired) electrons. The SMILES string of the molecule is O=C(O)COCC(=O)NC(=S)NC(=O)COCC(=O)O. The number of carbonyl (C=O) groups is 4. The number of carboxylic acid groups (broad SMARTS) is 2. The van der Waals surface area contributed by atoms with Gasteiger partial charge >= 0.3 is 11.9 Å². The Balaban J connectivity index is 3.80. The highest BCUT2D eigenvalue weighted by molar-refractivity contribution is 7.80. The number of carbonyl (C=O) groups excluding carboxylic acids is 2. The number of hydrogen-bond acceptors (Lipinski definition) is 7. The van der Waals surface area contributed by atoms with Crippen LogP contribution >= 0.6 is 12.2 Å². The van der Waals surface area contributed by atoms with Gasteiger partial charge in [-0.25, -0.2) is 9.59 Å². The summed E-state index contributed by atoms with van der Waals surface area (Å²) in [6.45, 7) is -2.37. The third-order valence-electron chi connectivity index (χ3n) is 1.42. The maximum absolute atomic E-state index is 11.1. The molecule has 0 saturated carbocycles. The van der Waals surface area contributed by atoms with Crippen LogP contribution in [0.1, 0.15) is 0 Å². The van der Waals surface area contributed by atoms with Crippen LogP contribution in [0.15, 0.2) is 0 Å². The van der Waals surface area contributed by atoms with E-state index in [2.05, 4.69) is 32.3 Å². The lowest BCUT2D eigenvalue weighted by molar-refractivity contribution is -0.144. The third kappa shape index (κ3) is 11.0. The summed E-state index contributed by atoms with van der Waals surface area (Å²) < 4.78 is 8.96. The summed E-state index contributed by atoms with van der Waals surface area (Å²) in [6, 6.07) is 0. The van der Waals surface area contributed by atoms with E-state index >= 15 is 0 Å². The zero-order valence-electron chi connectivity index (χ0n) is 10.1. The lowest BCUT2D eigenvalue weighted by Crippen LogP contribution is -2.45. The Morgan fingerprint density at radius 1 is 0.800 bits per heavy atom. The van der Waals surface area contributed by atoms with E-state index in [-0.39, 0.29) is 5.11 Å². The summed E-state index contributed by atoms with van der Waals surface area (Å²) in [4.78, 5) is 42.5. The number of amides is 2. The van der Waals surface area contributed by atoms with Gasteiger partial charge in [-0.15, -0.1) is 0 Å². The van der Waals surface area contributed by atoms with Crippen LogP contribution in [0.3, 0.4) is 0 Å². The molecule has 0 fully saturated rings. The van der Waals surface area contributed by atoms with Crippen molar-refractivity contribution in [3.63, 3.8) is 0 Å². The van der Waals surface area contributed by atoms with Crippen LogP contribution < -0.4 is 10.6 Å². The molecule has 11 heteroatoms. The molecule has 0 atom stereocenters.